The minimum Gasteiger partial charge on any atom is -0.490 e. The van der Waals surface area contributed by atoms with Gasteiger partial charge in [-0.2, -0.15) is 0 Å². The van der Waals surface area contributed by atoms with Crippen LogP contribution in [0, 0.1) is 20.8 Å². The van der Waals surface area contributed by atoms with Crippen LogP contribution in [0.3, 0.4) is 0 Å². The van der Waals surface area contributed by atoms with Gasteiger partial charge in [0, 0.05) is 32.7 Å². The first-order valence-electron chi connectivity index (χ1n) is 8.93. The molecule has 0 radical (unpaired) electrons. The Morgan fingerprint density at radius 2 is 1.73 bits per heavy atom. The summed E-state index contributed by atoms with van der Waals surface area (Å²) in [4.78, 5) is 15.6. The fraction of sp³-hybridized carbons (Fsp3) is 0.632. The standard InChI is InChI=1S/C19H30N2O4.ClH/c1-5-24-19(23)21-8-6-20(7-9-21)12-17(22)13-25-18-15(3)10-14(2)11-16(18)4;/h10-11,17,22H,5-9,12-13H2,1-4H3;1H. The van der Waals surface area contributed by atoms with Crippen LogP contribution in [0.2, 0.25) is 0 Å². The third-order valence-electron chi connectivity index (χ3n) is 4.39. The molecule has 1 heterocycles. The summed E-state index contributed by atoms with van der Waals surface area (Å²) in [6, 6.07) is 4.17. The van der Waals surface area contributed by atoms with E-state index >= 15 is 0 Å². The fourth-order valence-corrected chi connectivity index (χ4v) is 3.25. The van der Waals surface area contributed by atoms with Crippen LogP contribution in [0.5, 0.6) is 5.75 Å². The maximum atomic E-state index is 11.7. The minimum atomic E-state index is -0.561. The number of rotatable bonds is 6. The molecule has 0 aromatic heterocycles. The van der Waals surface area contributed by atoms with Crippen molar-refractivity contribution >= 4 is 18.5 Å². The molecular formula is C19H31ClN2O4. The smallest absolute Gasteiger partial charge is 0.409 e. The minimum absolute atomic E-state index is 0. The van der Waals surface area contributed by atoms with Crippen molar-refractivity contribution in [2.45, 2.75) is 33.8 Å². The molecule has 1 fully saturated rings. The van der Waals surface area contributed by atoms with Crippen molar-refractivity contribution in [2.24, 2.45) is 0 Å². The lowest BCUT2D eigenvalue weighted by molar-refractivity contribution is 0.0405. The molecule has 1 saturated heterocycles. The van der Waals surface area contributed by atoms with Crippen LogP contribution >= 0.6 is 12.4 Å². The Morgan fingerprint density at radius 3 is 2.27 bits per heavy atom. The number of hydrogen-bond acceptors (Lipinski definition) is 5. The number of amides is 1. The van der Waals surface area contributed by atoms with Gasteiger partial charge >= 0.3 is 6.09 Å². The normalized spacial score (nSPS) is 16.0. The van der Waals surface area contributed by atoms with Crippen molar-refractivity contribution in [1.82, 2.24) is 9.80 Å². The topological polar surface area (TPSA) is 62.2 Å². The van der Waals surface area contributed by atoms with Gasteiger partial charge in [-0.3, -0.25) is 4.90 Å². The monoisotopic (exact) mass is 386 g/mol. The van der Waals surface area contributed by atoms with E-state index in [4.69, 9.17) is 9.47 Å². The number of benzene rings is 1. The zero-order valence-corrected chi connectivity index (χ0v) is 17.0. The molecule has 26 heavy (non-hydrogen) atoms. The molecule has 148 valence electrons. The summed E-state index contributed by atoms with van der Waals surface area (Å²) >= 11 is 0. The van der Waals surface area contributed by atoms with E-state index in [-0.39, 0.29) is 25.1 Å². The van der Waals surface area contributed by atoms with Crippen LogP contribution in [0.1, 0.15) is 23.6 Å². The molecule has 1 aromatic rings. The molecule has 1 unspecified atom stereocenters. The average Bonchev–Trinajstić information content (AvgIpc) is 2.54. The van der Waals surface area contributed by atoms with Gasteiger partial charge in [-0.25, -0.2) is 4.79 Å². The second-order valence-corrected chi connectivity index (χ2v) is 6.68. The highest BCUT2D eigenvalue weighted by Crippen LogP contribution is 2.24. The summed E-state index contributed by atoms with van der Waals surface area (Å²) < 4.78 is 10.9. The van der Waals surface area contributed by atoms with Gasteiger partial charge in [-0.15, -0.1) is 12.4 Å². The highest BCUT2D eigenvalue weighted by Gasteiger charge is 2.23. The van der Waals surface area contributed by atoms with E-state index in [1.54, 1.807) is 4.90 Å². The predicted molar refractivity (Wildman–Crippen MR) is 104 cm³/mol. The number of aliphatic hydroxyl groups is 1. The Morgan fingerprint density at radius 1 is 1.15 bits per heavy atom. The first-order chi connectivity index (χ1) is 11.9. The van der Waals surface area contributed by atoms with E-state index in [0.717, 1.165) is 30.0 Å². The average molecular weight is 387 g/mol. The van der Waals surface area contributed by atoms with Gasteiger partial charge in [0.05, 0.1) is 6.61 Å². The second kappa shape index (κ2) is 10.6. The molecule has 1 amide bonds. The van der Waals surface area contributed by atoms with Crippen molar-refractivity contribution in [1.29, 1.82) is 0 Å². The summed E-state index contributed by atoms with van der Waals surface area (Å²) in [6.07, 6.45) is -0.814. The summed E-state index contributed by atoms with van der Waals surface area (Å²) in [5.74, 6) is 0.858. The molecule has 0 bridgehead atoms. The summed E-state index contributed by atoms with van der Waals surface area (Å²) in [5.41, 5.74) is 3.39. The Labute approximate surface area is 162 Å². The van der Waals surface area contributed by atoms with Crippen LogP contribution < -0.4 is 4.74 Å². The van der Waals surface area contributed by atoms with Gasteiger partial charge in [0.1, 0.15) is 18.5 Å². The molecule has 1 atom stereocenters. The number of ether oxygens (including phenoxy) is 2. The van der Waals surface area contributed by atoms with E-state index in [9.17, 15) is 9.90 Å². The number of carbonyl (C=O) groups is 1. The quantitative estimate of drug-likeness (QED) is 0.814. The molecule has 1 aliphatic rings. The van der Waals surface area contributed by atoms with Crippen LogP contribution in [0.25, 0.3) is 0 Å². The van der Waals surface area contributed by atoms with Gasteiger partial charge < -0.3 is 19.5 Å². The number of aryl methyl sites for hydroxylation is 3. The van der Waals surface area contributed by atoms with E-state index < -0.39 is 6.10 Å². The lowest BCUT2D eigenvalue weighted by Gasteiger charge is -2.34. The van der Waals surface area contributed by atoms with Gasteiger partial charge in [0.15, 0.2) is 0 Å². The number of carbonyl (C=O) groups excluding carboxylic acids is 1. The van der Waals surface area contributed by atoms with Crippen LogP contribution in [0.4, 0.5) is 4.79 Å². The SMILES string of the molecule is CCOC(=O)N1CCN(CC(O)COc2c(C)cc(C)cc2C)CC1.Cl. The zero-order valence-electron chi connectivity index (χ0n) is 16.2. The van der Waals surface area contributed by atoms with Gasteiger partial charge in [-0.1, -0.05) is 17.7 Å². The number of β-amino-alcohol motifs (C(OH)–C–C–N with tert-alkyl or cyclic N) is 1. The van der Waals surface area contributed by atoms with E-state index in [1.807, 2.05) is 20.8 Å². The lowest BCUT2D eigenvalue weighted by atomic mass is 10.1. The van der Waals surface area contributed by atoms with E-state index in [1.165, 1.54) is 5.56 Å². The Balaban J connectivity index is 0.00000338. The van der Waals surface area contributed by atoms with Gasteiger partial charge in [-0.05, 0) is 38.8 Å². The Bertz CT molecular complexity index is 566. The fourth-order valence-electron chi connectivity index (χ4n) is 3.25. The molecule has 2 rings (SSSR count). The maximum absolute atomic E-state index is 11.7. The van der Waals surface area contributed by atoms with Gasteiger partial charge in [0.25, 0.3) is 0 Å². The van der Waals surface area contributed by atoms with Crippen molar-refractivity contribution in [3.05, 3.63) is 28.8 Å². The molecule has 1 N–H and O–H groups in total. The van der Waals surface area contributed by atoms with E-state index in [0.29, 0.717) is 26.2 Å². The van der Waals surface area contributed by atoms with Crippen LogP contribution in [-0.4, -0.2) is 73.0 Å². The van der Waals surface area contributed by atoms with Crippen molar-refractivity contribution < 1.29 is 19.4 Å². The third kappa shape index (κ3) is 6.34. The predicted octanol–water partition coefficient (Wildman–Crippen LogP) is 2.55. The van der Waals surface area contributed by atoms with Crippen molar-refractivity contribution in [2.75, 3.05) is 45.9 Å². The number of halogens is 1. The number of aliphatic hydroxyl groups excluding tert-OH is 1. The molecule has 0 aliphatic carbocycles. The van der Waals surface area contributed by atoms with Crippen molar-refractivity contribution in [3.63, 3.8) is 0 Å². The molecule has 0 spiro atoms. The highest BCUT2D eigenvalue weighted by molar-refractivity contribution is 5.85. The van der Waals surface area contributed by atoms with Crippen molar-refractivity contribution in [3.8, 4) is 5.75 Å². The third-order valence-corrected chi connectivity index (χ3v) is 4.39. The molecular weight excluding hydrogens is 356 g/mol. The summed E-state index contributed by atoms with van der Waals surface area (Å²) in [7, 11) is 0. The number of hydrogen-bond donors (Lipinski definition) is 1. The highest BCUT2D eigenvalue weighted by atomic mass is 35.5. The zero-order chi connectivity index (χ0) is 18.4. The van der Waals surface area contributed by atoms with Crippen LogP contribution in [-0.2, 0) is 4.74 Å². The molecule has 0 saturated carbocycles. The molecule has 1 aliphatic heterocycles. The number of piperazine rings is 1. The summed E-state index contributed by atoms with van der Waals surface area (Å²) in [6.45, 7) is 11.8. The molecule has 7 heteroatoms. The first kappa shape index (κ1) is 22.5. The largest absolute Gasteiger partial charge is 0.490 e. The Hall–Kier alpha value is -1.50. The summed E-state index contributed by atoms with van der Waals surface area (Å²) in [5, 5.41) is 10.3. The van der Waals surface area contributed by atoms with E-state index in [2.05, 4.69) is 24.0 Å². The molecule has 6 nitrogen and oxygen atoms in total. The maximum Gasteiger partial charge on any atom is 0.409 e. The van der Waals surface area contributed by atoms with Crippen LogP contribution in [0.15, 0.2) is 12.1 Å². The Kier molecular flexibility index (Phi) is 9.19. The van der Waals surface area contributed by atoms with Gasteiger partial charge in [0.2, 0.25) is 0 Å². The second-order valence-electron chi connectivity index (χ2n) is 6.68. The lowest BCUT2D eigenvalue weighted by Crippen LogP contribution is -2.51. The molecule has 1 aromatic carbocycles. The first-order valence-corrected chi connectivity index (χ1v) is 8.93. The number of nitrogens with zero attached hydrogens (tertiary/aromatic N) is 2.